The second-order valence-electron chi connectivity index (χ2n) is 9.47. The molecule has 0 saturated carbocycles. The molecule has 190 valence electrons. The maximum atomic E-state index is 14.0. The quantitative estimate of drug-likeness (QED) is 0.522. The second-order valence-corrected chi connectivity index (χ2v) is 9.47. The third-order valence-electron chi connectivity index (χ3n) is 7.07. The Morgan fingerprint density at radius 1 is 0.892 bits per heavy atom. The Kier molecular flexibility index (Phi) is 6.81. The van der Waals surface area contributed by atoms with Gasteiger partial charge in [-0.15, -0.1) is 0 Å². The number of fused-ring (bicyclic) bond motifs is 2. The van der Waals surface area contributed by atoms with Crippen LogP contribution in [0.25, 0.3) is 0 Å². The van der Waals surface area contributed by atoms with Crippen LogP contribution >= 0.6 is 0 Å². The first-order valence-corrected chi connectivity index (χ1v) is 12.4. The van der Waals surface area contributed by atoms with Crippen molar-refractivity contribution in [1.29, 1.82) is 0 Å². The molecular weight excluding hydrogens is 470 g/mol. The van der Waals surface area contributed by atoms with Gasteiger partial charge in [-0.05, 0) is 49.6 Å². The van der Waals surface area contributed by atoms with Crippen molar-refractivity contribution < 1.29 is 24.2 Å². The minimum absolute atomic E-state index is 0.102. The number of aliphatic carboxylic acids is 1. The number of carbonyl (C=O) groups is 3. The van der Waals surface area contributed by atoms with Gasteiger partial charge in [-0.2, -0.15) is 0 Å². The van der Waals surface area contributed by atoms with Gasteiger partial charge in [0, 0.05) is 6.54 Å². The molecule has 3 aromatic rings. The fourth-order valence-corrected chi connectivity index (χ4v) is 5.29. The van der Waals surface area contributed by atoms with Crippen LogP contribution in [0.3, 0.4) is 0 Å². The van der Waals surface area contributed by atoms with Crippen LogP contribution < -0.4 is 4.90 Å². The lowest BCUT2D eigenvalue weighted by molar-refractivity contribution is -0.146. The first-order valence-electron chi connectivity index (χ1n) is 12.4. The van der Waals surface area contributed by atoms with E-state index in [2.05, 4.69) is 0 Å². The fraction of sp³-hybridized carbons (Fsp3) is 0.276. The maximum Gasteiger partial charge on any atom is 0.410 e. The van der Waals surface area contributed by atoms with Crippen LogP contribution in [0.1, 0.15) is 24.0 Å². The molecule has 0 spiro atoms. The Morgan fingerprint density at radius 3 is 2.05 bits per heavy atom. The van der Waals surface area contributed by atoms with Gasteiger partial charge in [0.1, 0.15) is 6.61 Å². The molecule has 8 heteroatoms. The number of likely N-dealkylation sites (tertiary alicyclic amines) is 1. The molecule has 37 heavy (non-hydrogen) atoms. The summed E-state index contributed by atoms with van der Waals surface area (Å²) in [6.45, 7) is 2.20. The number of hydrogen-bond acceptors (Lipinski definition) is 4. The second kappa shape index (κ2) is 10.3. The molecule has 5 rings (SSSR count). The number of piperazine rings is 1. The number of para-hydroxylation sites is 2. The maximum absolute atomic E-state index is 14.0. The summed E-state index contributed by atoms with van der Waals surface area (Å²) >= 11 is 0. The molecule has 3 aromatic carbocycles. The number of benzene rings is 3. The van der Waals surface area contributed by atoms with Gasteiger partial charge in [-0.1, -0.05) is 66.2 Å². The Morgan fingerprint density at radius 2 is 1.49 bits per heavy atom. The largest absolute Gasteiger partial charge is 0.480 e. The molecule has 2 aliphatic heterocycles. The van der Waals surface area contributed by atoms with Crippen molar-refractivity contribution in [2.75, 3.05) is 11.4 Å². The zero-order valence-electron chi connectivity index (χ0n) is 20.6. The number of anilines is 2. The molecule has 0 radical (unpaired) electrons. The monoisotopic (exact) mass is 499 g/mol. The predicted octanol–water partition coefficient (Wildman–Crippen LogP) is 5.19. The van der Waals surface area contributed by atoms with Crippen molar-refractivity contribution in [2.45, 2.75) is 44.5 Å². The molecule has 2 saturated heterocycles. The molecule has 2 bridgehead atoms. The van der Waals surface area contributed by atoms with E-state index in [1.54, 1.807) is 0 Å². The van der Waals surface area contributed by atoms with E-state index in [0.717, 1.165) is 11.1 Å². The Hall–Kier alpha value is -4.33. The van der Waals surface area contributed by atoms with Gasteiger partial charge in [-0.25, -0.2) is 14.4 Å². The topological polar surface area (TPSA) is 90.4 Å². The molecule has 2 heterocycles. The molecule has 0 unspecified atom stereocenters. The summed E-state index contributed by atoms with van der Waals surface area (Å²) in [5, 5.41) is 10.2. The van der Waals surface area contributed by atoms with Gasteiger partial charge in [-0.3, -0.25) is 9.80 Å². The number of aryl methyl sites for hydroxylation is 1. The van der Waals surface area contributed by atoms with Crippen molar-refractivity contribution in [2.24, 2.45) is 0 Å². The first kappa shape index (κ1) is 24.4. The first-order chi connectivity index (χ1) is 17.9. The average molecular weight is 500 g/mol. The van der Waals surface area contributed by atoms with Gasteiger partial charge >= 0.3 is 18.1 Å². The summed E-state index contributed by atoms with van der Waals surface area (Å²) in [6.07, 6.45) is 0.547. The zero-order valence-corrected chi connectivity index (χ0v) is 20.6. The van der Waals surface area contributed by atoms with Crippen molar-refractivity contribution >= 4 is 29.5 Å². The molecule has 0 aliphatic carbocycles. The summed E-state index contributed by atoms with van der Waals surface area (Å²) < 4.78 is 5.58. The van der Waals surface area contributed by atoms with Gasteiger partial charge in [0.15, 0.2) is 6.04 Å². The highest BCUT2D eigenvalue weighted by molar-refractivity contribution is 6.01. The molecular formula is C29H29N3O5. The summed E-state index contributed by atoms with van der Waals surface area (Å²) in [5.74, 6) is -1.14. The molecule has 0 aromatic heterocycles. The van der Waals surface area contributed by atoms with E-state index in [1.807, 2.05) is 91.9 Å². The van der Waals surface area contributed by atoms with E-state index in [-0.39, 0.29) is 19.2 Å². The number of carbonyl (C=O) groups excluding carboxylic acids is 2. The van der Waals surface area contributed by atoms with Crippen LogP contribution in [0.5, 0.6) is 0 Å². The number of urea groups is 1. The predicted molar refractivity (Wildman–Crippen MR) is 139 cm³/mol. The number of ether oxygens (including phenoxy) is 1. The van der Waals surface area contributed by atoms with E-state index in [4.69, 9.17) is 4.74 Å². The molecule has 1 N–H and O–H groups in total. The zero-order chi connectivity index (χ0) is 25.9. The van der Waals surface area contributed by atoms with E-state index < -0.39 is 30.2 Å². The van der Waals surface area contributed by atoms with Crippen molar-refractivity contribution in [1.82, 2.24) is 9.80 Å². The van der Waals surface area contributed by atoms with E-state index in [0.29, 0.717) is 24.2 Å². The Balaban J connectivity index is 1.40. The molecule has 2 aliphatic rings. The SMILES string of the molecule is Cc1ccc(COC(=O)N2[C@H]3CC[C@@H]2[C@@H](C(=O)O)N(C(=O)N(c2ccccc2)c2ccccc2)C3)cc1. The lowest BCUT2D eigenvalue weighted by Gasteiger charge is -2.45. The summed E-state index contributed by atoms with van der Waals surface area (Å²) in [4.78, 5) is 44.1. The summed E-state index contributed by atoms with van der Waals surface area (Å²) in [6, 6.07) is 23.4. The van der Waals surface area contributed by atoms with Gasteiger partial charge in [0.2, 0.25) is 0 Å². The Labute approximate surface area is 215 Å². The normalized spacial score (nSPS) is 20.4. The lowest BCUT2D eigenvalue weighted by atomic mass is 10.0. The fourth-order valence-electron chi connectivity index (χ4n) is 5.29. The van der Waals surface area contributed by atoms with E-state index in [9.17, 15) is 19.5 Å². The summed E-state index contributed by atoms with van der Waals surface area (Å²) in [7, 11) is 0. The number of rotatable bonds is 5. The van der Waals surface area contributed by atoms with Crippen LogP contribution in [0.4, 0.5) is 21.0 Å². The highest BCUT2D eigenvalue weighted by atomic mass is 16.6. The molecule has 3 amide bonds. The Bertz CT molecular complexity index is 1230. The lowest BCUT2D eigenvalue weighted by Crippen LogP contribution is -2.66. The number of nitrogens with zero attached hydrogens (tertiary/aromatic N) is 3. The molecule has 2 fully saturated rings. The average Bonchev–Trinajstić information content (AvgIpc) is 3.22. The minimum atomic E-state index is -1.19. The number of amides is 3. The standard InChI is InChI=1S/C29H29N3O5/c1-20-12-14-21(15-13-20)19-37-29(36)32-24-16-17-25(32)26(27(33)34)30(18-24)28(35)31(22-8-4-2-5-9-22)23-10-6-3-7-11-23/h2-15,24-26H,16-19H2,1H3,(H,33,34)/t24-,25+,26-/m0/s1. The van der Waals surface area contributed by atoms with Crippen molar-refractivity contribution in [3.05, 3.63) is 96.1 Å². The highest BCUT2D eigenvalue weighted by Crippen LogP contribution is 2.37. The third kappa shape index (κ3) is 4.87. The number of hydrogen-bond donors (Lipinski definition) is 1. The third-order valence-corrected chi connectivity index (χ3v) is 7.07. The smallest absolute Gasteiger partial charge is 0.410 e. The van der Waals surface area contributed by atoms with Gasteiger partial charge < -0.3 is 14.7 Å². The highest BCUT2D eigenvalue weighted by Gasteiger charge is 2.54. The van der Waals surface area contributed by atoms with E-state index >= 15 is 0 Å². The number of carboxylic acids is 1. The van der Waals surface area contributed by atoms with E-state index in [1.165, 1.54) is 14.7 Å². The minimum Gasteiger partial charge on any atom is -0.480 e. The van der Waals surface area contributed by atoms with Gasteiger partial charge in [0.05, 0.1) is 23.5 Å². The van der Waals surface area contributed by atoms with Crippen molar-refractivity contribution in [3.8, 4) is 0 Å². The van der Waals surface area contributed by atoms with Crippen LogP contribution in [0, 0.1) is 6.92 Å². The molecule has 3 atom stereocenters. The van der Waals surface area contributed by atoms with Crippen LogP contribution in [0.2, 0.25) is 0 Å². The van der Waals surface area contributed by atoms with Gasteiger partial charge in [0.25, 0.3) is 0 Å². The van der Waals surface area contributed by atoms with Crippen LogP contribution in [0.15, 0.2) is 84.9 Å². The van der Waals surface area contributed by atoms with Crippen molar-refractivity contribution in [3.63, 3.8) is 0 Å². The van der Waals surface area contributed by atoms with Crippen LogP contribution in [-0.2, 0) is 16.1 Å². The molecule has 8 nitrogen and oxygen atoms in total. The number of carboxylic acid groups (broad SMARTS) is 1. The summed E-state index contributed by atoms with van der Waals surface area (Å²) in [5.41, 5.74) is 3.24. The van der Waals surface area contributed by atoms with Crippen LogP contribution in [-0.4, -0.2) is 57.7 Å².